The number of likely N-dealkylation sites (tertiary alicyclic amines) is 1. The smallest absolute Gasteiger partial charge is 0.171 e. The van der Waals surface area contributed by atoms with Crippen molar-refractivity contribution in [1.82, 2.24) is 24.5 Å². The Labute approximate surface area is 210 Å². The van der Waals surface area contributed by atoms with Gasteiger partial charge in [0, 0.05) is 48.7 Å². The fraction of sp³-hybridized carbons (Fsp3) is 0.269. The third-order valence-corrected chi connectivity index (χ3v) is 8.10. The summed E-state index contributed by atoms with van der Waals surface area (Å²) >= 11 is 5.48. The van der Waals surface area contributed by atoms with Crippen molar-refractivity contribution in [2.45, 2.75) is 31.8 Å². The largest absolute Gasteiger partial charge is 0.366 e. The highest BCUT2D eigenvalue weighted by molar-refractivity contribution is 9.10. The van der Waals surface area contributed by atoms with Crippen LogP contribution in [-0.4, -0.2) is 37.6 Å². The Morgan fingerprint density at radius 2 is 2.09 bits per heavy atom. The molecule has 5 aromatic rings. The fourth-order valence-electron chi connectivity index (χ4n) is 4.82. The van der Waals surface area contributed by atoms with Crippen molar-refractivity contribution < 1.29 is 0 Å². The van der Waals surface area contributed by atoms with Crippen LogP contribution in [0.2, 0.25) is 0 Å². The molecule has 6 rings (SSSR count). The molecule has 1 aromatic carbocycles. The van der Waals surface area contributed by atoms with Crippen LogP contribution in [0.25, 0.3) is 15.7 Å². The Morgan fingerprint density at radius 3 is 3.00 bits per heavy atom. The minimum atomic E-state index is 0.393. The van der Waals surface area contributed by atoms with Crippen molar-refractivity contribution in [2.24, 2.45) is 0 Å². The lowest BCUT2D eigenvalue weighted by atomic mass is 9.94. The molecule has 1 aliphatic heterocycles. The number of piperidine rings is 1. The second-order valence-corrected chi connectivity index (χ2v) is 10.6. The van der Waals surface area contributed by atoms with E-state index in [1.54, 1.807) is 6.20 Å². The SMILES string of the molecule is Brc1cnn2c(NCc3cccnc3)cc(C3CCCN(Cc4csc5ccccc45)C3)nc12. The molecule has 4 aromatic heterocycles. The maximum Gasteiger partial charge on any atom is 0.171 e. The second-order valence-electron chi connectivity index (χ2n) is 8.84. The minimum Gasteiger partial charge on any atom is -0.366 e. The Hall–Kier alpha value is -2.81. The summed E-state index contributed by atoms with van der Waals surface area (Å²) in [6.45, 7) is 3.82. The third-order valence-electron chi connectivity index (χ3n) is 6.52. The van der Waals surface area contributed by atoms with Crippen molar-refractivity contribution in [2.75, 3.05) is 18.4 Å². The van der Waals surface area contributed by atoms with E-state index >= 15 is 0 Å². The van der Waals surface area contributed by atoms with Crippen molar-refractivity contribution in [3.8, 4) is 0 Å². The summed E-state index contributed by atoms with van der Waals surface area (Å²) in [5.41, 5.74) is 4.54. The van der Waals surface area contributed by atoms with E-state index < -0.39 is 0 Å². The number of nitrogens with one attached hydrogen (secondary N) is 1. The van der Waals surface area contributed by atoms with Gasteiger partial charge in [-0.1, -0.05) is 24.3 Å². The van der Waals surface area contributed by atoms with Gasteiger partial charge in [-0.2, -0.15) is 9.61 Å². The normalized spacial score (nSPS) is 16.9. The molecule has 0 aliphatic carbocycles. The van der Waals surface area contributed by atoms with Crippen LogP contribution in [0.3, 0.4) is 0 Å². The molecule has 0 bridgehead atoms. The molecule has 1 saturated heterocycles. The molecular formula is C26H25BrN6S. The maximum atomic E-state index is 5.03. The molecule has 172 valence electrons. The minimum absolute atomic E-state index is 0.393. The number of nitrogens with zero attached hydrogens (tertiary/aromatic N) is 5. The number of rotatable bonds is 6. The lowest BCUT2D eigenvalue weighted by Gasteiger charge is -2.32. The standard InChI is InChI=1S/C26H25BrN6S/c27-22-14-30-33-25(29-13-18-5-3-9-28-12-18)11-23(31-26(22)33)19-6-4-10-32(15-19)16-20-17-34-24-8-2-1-7-21(20)24/h1-3,5,7-9,11-12,14,17,19,29H,4,6,10,13,15-16H2. The monoisotopic (exact) mass is 532 g/mol. The van der Waals surface area contributed by atoms with Gasteiger partial charge >= 0.3 is 0 Å². The molecule has 6 nitrogen and oxygen atoms in total. The van der Waals surface area contributed by atoms with Gasteiger partial charge in [-0.3, -0.25) is 9.88 Å². The van der Waals surface area contributed by atoms with Crippen LogP contribution in [0, 0.1) is 0 Å². The average Bonchev–Trinajstić information content (AvgIpc) is 3.47. The average molecular weight is 533 g/mol. The van der Waals surface area contributed by atoms with E-state index in [1.165, 1.54) is 22.1 Å². The number of pyridine rings is 1. The van der Waals surface area contributed by atoms with Gasteiger partial charge in [-0.05, 0) is 69.3 Å². The zero-order valence-corrected chi connectivity index (χ0v) is 21.1. The Morgan fingerprint density at radius 1 is 1.15 bits per heavy atom. The summed E-state index contributed by atoms with van der Waals surface area (Å²) in [7, 11) is 0. The van der Waals surface area contributed by atoms with E-state index in [2.05, 4.69) is 78.0 Å². The third kappa shape index (κ3) is 4.33. The van der Waals surface area contributed by atoms with Gasteiger partial charge in [0.1, 0.15) is 5.82 Å². The van der Waals surface area contributed by atoms with Crippen molar-refractivity contribution in [1.29, 1.82) is 0 Å². The van der Waals surface area contributed by atoms with E-state index in [9.17, 15) is 0 Å². The van der Waals surface area contributed by atoms with E-state index in [1.807, 2.05) is 34.3 Å². The number of thiophene rings is 1. The van der Waals surface area contributed by atoms with E-state index in [0.29, 0.717) is 12.5 Å². The summed E-state index contributed by atoms with van der Waals surface area (Å²) in [5, 5.41) is 11.8. The molecule has 0 spiro atoms. The first kappa shape index (κ1) is 21.7. The van der Waals surface area contributed by atoms with Gasteiger partial charge in [-0.15, -0.1) is 11.3 Å². The van der Waals surface area contributed by atoms with Crippen LogP contribution in [0.1, 0.15) is 35.6 Å². The number of aromatic nitrogens is 4. The molecule has 5 heterocycles. The first-order valence-corrected chi connectivity index (χ1v) is 13.3. The van der Waals surface area contributed by atoms with Gasteiger partial charge in [0.25, 0.3) is 0 Å². The summed E-state index contributed by atoms with van der Waals surface area (Å²) in [6, 6.07) is 14.9. The molecule has 8 heteroatoms. The molecule has 1 atom stereocenters. The van der Waals surface area contributed by atoms with Crippen molar-refractivity contribution in [3.63, 3.8) is 0 Å². The molecule has 1 aliphatic rings. The van der Waals surface area contributed by atoms with E-state index in [-0.39, 0.29) is 0 Å². The zero-order chi connectivity index (χ0) is 22.9. The highest BCUT2D eigenvalue weighted by atomic mass is 79.9. The van der Waals surface area contributed by atoms with Crippen LogP contribution in [0.5, 0.6) is 0 Å². The number of anilines is 1. The highest BCUT2D eigenvalue weighted by Gasteiger charge is 2.25. The summed E-state index contributed by atoms with van der Waals surface area (Å²) in [4.78, 5) is 11.8. The Balaban J connectivity index is 1.25. The lowest BCUT2D eigenvalue weighted by molar-refractivity contribution is 0.199. The summed E-state index contributed by atoms with van der Waals surface area (Å²) in [5.74, 6) is 1.35. The van der Waals surface area contributed by atoms with Crippen molar-refractivity contribution >= 4 is 48.8 Å². The number of fused-ring (bicyclic) bond motifs is 2. The van der Waals surface area contributed by atoms with Gasteiger partial charge in [-0.25, -0.2) is 4.98 Å². The van der Waals surface area contributed by atoms with Crippen LogP contribution < -0.4 is 5.32 Å². The van der Waals surface area contributed by atoms with E-state index in [4.69, 9.17) is 4.98 Å². The predicted octanol–water partition coefficient (Wildman–Crippen LogP) is 6.09. The first-order chi connectivity index (χ1) is 16.7. The topological polar surface area (TPSA) is 58.4 Å². The lowest BCUT2D eigenvalue weighted by Crippen LogP contribution is -2.34. The second kappa shape index (κ2) is 9.44. The molecule has 0 saturated carbocycles. The highest BCUT2D eigenvalue weighted by Crippen LogP contribution is 2.32. The van der Waals surface area contributed by atoms with Crippen molar-refractivity contribution in [3.05, 3.63) is 87.7 Å². The van der Waals surface area contributed by atoms with Crippen LogP contribution in [0.15, 0.2) is 70.9 Å². The fourth-order valence-corrected chi connectivity index (χ4v) is 6.12. The van der Waals surface area contributed by atoms with Gasteiger partial charge in [0.2, 0.25) is 0 Å². The predicted molar refractivity (Wildman–Crippen MR) is 141 cm³/mol. The number of halogens is 1. The number of benzene rings is 1. The molecular weight excluding hydrogens is 508 g/mol. The summed E-state index contributed by atoms with van der Waals surface area (Å²) in [6.07, 6.45) is 7.83. The maximum absolute atomic E-state index is 5.03. The molecule has 0 amide bonds. The van der Waals surface area contributed by atoms with E-state index in [0.717, 1.165) is 53.3 Å². The molecule has 34 heavy (non-hydrogen) atoms. The molecule has 0 radical (unpaired) electrons. The van der Waals surface area contributed by atoms with Crippen LogP contribution >= 0.6 is 27.3 Å². The van der Waals surface area contributed by atoms with Gasteiger partial charge in [0.15, 0.2) is 5.65 Å². The molecule has 1 unspecified atom stereocenters. The molecule has 1 N–H and O–H groups in total. The molecule has 1 fully saturated rings. The van der Waals surface area contributed by atoms with Gasteiger partial charge in [0.05, 0.1) is 16.4 Å². The quantitative estimate of drug-likeness (QED) is 0.286. The Bertz CT molecular complexity index is 1430. The number of hydrogen-bond acceptors (Lipinski definition) is 6. The summed E-state index contributed by atoms with van der Waals surface area (Å²) < 4.78 is 4.16. The van der Waals surface area contributed by atoms with Gasteiger partial charge < -0.3 is 5.32 Å². The zero-order valence-electron chi connectivity index (χ0n) is 18.7. The number of hydrogen-bond donors (Lipinski definition) is 1. The van der Waals surface area contributed by atoms with Crippen LogP contribution in [0.4, 0.5) is 5.82 Å². The first-order valence-electron chi connectivity index (χ1n) is 11.6. The van der Waals surface area contributed by atoms with Crippen LogP contribution in [-0.2, 0) is 13.1 Å². The Kier molecular flexibility index (Phi) is 6.03.